The van der Waals surface area contributed by atoms with E-state index in [2.05, 4.69) is 20.5 Å². The molecule has 1 atom stereocenters. The molecule has 0 aliphatic carbocycles. The van der Waals surface area contributed by atoms with E-state index in [1.165, 1.54) is 13.4 Å². The van der Waals surface area contributed by atoms with Gasteiger partial charge >= 0.3 is 6.18 Å². The van der Waals surface area contributed by atoms with Crippen molar-refractivity contribution in [3.63, 3.8) is 0 Å². The van der Waals surface area contributed by atoms with Gasteiger partial charge in [-0.05, 0) is 13.3 Å². The van der Waals surface area contributed by atoms with E-state index >= 15 is 0 Å². The monoisotopic (exact) mass is 330 g/mol. The molecule has 0 aliphatic heterocycles. The minimum Gasteiger partial charge on any atom is -0.341 e. The van der Waals surface area contributed by atoms with Gasteiger partial charge in [0.15, 0.2) is 5.69 Å². The fourth-order valence-electron chi connectivity index (χ4n) is 2.15. The lowest BCUT2D eigenvalue weighted by Crippen LogP contribution is -2.30. The minimum absolute atomic E-state index is 0.175. The lowest BCUT2D eigenvalue weighted by atomic mass is 10.2. The van der Waals surface area contributed by atoms with E-state index < -0.39 is 23.8 Å². The summed E-state index contributed by atoms with van der Waals surface area (Å²) in [4.78, 5) is 16.3. The Kier molecular flexibility index (Phi) is 4.71. The van der Waals surface area contributed by atoms with E-state index in [1.54, 1.807) is 11.6 Å². The molecule has 10 heteroatoms. The Balaban J connectivity index is 2.15. The molecule has 2 aromatic heterocycles. The van der Waals surface area contributed by atoms with Gasteiger partial charge in [0.25, 0.3) is 5.91 Å². The zero-order chi connectivity index (χ0) is 17.2. The summed E-state index contributed by atoms with van der Waals surface area (Å²) in [7, 11) is 1.29. The van der Waals surface area contributed by atoms with Crippen molar-refractivity contribution < 1.29 is 18.0 Å². The summed E-state index contributed by atoms with van der Waals surface area (Å²) in [5.74, 6) is -0.118. The highest BCUT2D eigenvalue weighted by Gasteiger charge is 2.35. The smallest absolute Gasteiger partial charge is 0.341 e. The number of nitrogens with one attached hydrogen (secondary N) is 1. The molecule has 7 nitrogen and oxygen atoms in total. The first-order chi connectivity index (χ1) is 10.7. The number of hydrogen-bond acceptors (Lipinski definition) is 4. The highest BCUT2D eigenvalue weighted by Crippen LogP contribution is 2.28. The molecule has 0 fully saturated rings. The Labute approximate surface area is 130 Å². The number of carbonyl (C=O) groups excluding carboxylic acids is 1. The standard InChI is InChI=1S/C13H17F3N6O/c1-4-5-22-11(17-7-18-22)8(2)19-12(23)9-6-10(13(14,15)16)20-21(9)3/h6-8H,4-5H2,1-3H3,(H,19,23). The molecule has 1 unspecified atom stereocenters. The Morgan fingerprint density at radius 3 is 2.70 bits per heavy atom. The highest BCUT2D eigenvalue weighted by molar-refractivity contribution is 5.92. The molecular weight excluding hydrogens is 313 g/mol. The molecule has 2 rings (SSSR count). The fraction of sp³-hybridized carbons (Fsp3) is 0.538. The van der Waals surface area contributed by atoms with E-state index in [9.17, 15) is 18.0 Å². The van der Waals surface area contributed by atoms with Gasteiger partial charge in [-0.15, -0.1) is 0 Å². The van der Waals surface area contributed by atoms with Crippen LogP contribution in [0.1, 0.15) is 48.3 Å². The zero-order valence-electron chi connectivity index (χ0n) is 12.9. The molecule has 0 radical (unpaired) electrons. The Morgan fingerprint density at radius 2 is 2.13 bits per heavy atom. The van der Waals surface area contributed by atoms with Crippen LogP contribution in [0, 0.1) is 0 Å². The number of nitrogens with zero attached hydrogens (tertiary/aromatic N) is 5. The predicted molar refractivity (Wildman–Crippen MR) is 74.4 cm³/mol. The summed E-state index contributed by atoms with van der Waals surface area (Å²) < 4.78 is 40.5. The molecule has 0 saturated carbocycles. The van der Waals surface area contributed by atoms with E-state index in [1.807, 2.05) is 6.92 Å². The second kappa shape index (κ2) is 6.39. The Hall–Kier alpha value is -2.39. The number of alkyl halides is 3. The minimum atomic E-state index is -4.59. The van der Waals surface area contributed by atoms with Crippen molar-refractivity contribution in [2.24, 2.45) is 7.05 Å². The molecular formula is C13H17F3N6O. The van der Waals surface area contributed by atoms with Gasteiger partial charge in [0.1, 0.15) is 17.8 Å². The molecule has 0 spiro atoms. The van der Waals surface area contributed by atoms with Crippen molar-refractivity contribution in [2.45, 2.75) is 39.0 Å². The van der Waals surface area contributed by atoms with E-state index in [4.69, 9.17) is 0 Å². The van der Waals surface area contributed by atoms with Crippen molar-refractivity contribution in [2.75, 3.05) is 0 Å². The lowest BCUT2D eigenvalue weighted by Gasteiger charge is -2.14. The van der Waals surface area contributed by atoms with Crippen LogP contribution < -0.4 is 5.32 Å². The van der Waals surface area contributed by atoms with Crippen molar-refractivity contribution in [1.82, 2.24) is 29.9 Å². The third-order valence-electron chi connectivity index (χ3n) is 3.22. The molecule has 23 heavy (non-hydrogen) atoms. The highest BCUT2D eigenvalue weighted by atomic mass is 19.4. The average molecular weight is 330 g/mol. The number of halogens is 3. The summed E-state index contributed by atoms with van der Waals surface area (Å²) in [6.45, 7) is 4.30. The van der Waals surface area contributed by atoms with Gasteiger partial charge in [-0.1, -0.05) is 6.92 Å². The topological polar surface area (TPSA) is 77.6 Å². The van der Waals surface area contributed by atoms with Crippen LogP contribution in [0.15, 0.2) is 12.4 Å². The van der Waals surface area contributed by atoms with Gasteiger partial charge < -0.3 is 5.32 Å². The van der Waals surface area contributed by atoms with Gasteiger partial charge in [-0.2, -0.15) is 23.4 Å². The van der Waals surface area contributed by atoms with E-state index in [0.29, 0.717) is 12.4 Å². The number of aromatic nitrogens is 5. The van der Waals surface area contributed by atoms with Crippen molar-refractivity contribution in [3.8, 4) is 0 Å². The summed E-state index contributed by atoms with van der Waals surface area (Å²) >= 11 is 0. The van der Waals surface area contributed by atoms with E-state index in [-0.39, 0.29) is 5.69 Å². The first kappa shape index (κ1) is 17.0. The number of aryl methyl sites for hydroxylation is 2. The molecule has 0 bridgehead atoms. The molecule has 2 aromatic rings. The SMILES string of the molecule is CCCn1ncnc1C(C)NC(=O)c1cc(C(F)(F)F)nn1C. The van der Waals surface area contributed by atoms with Gasteiger partial charge in [0.05, 0.1) is 6.04 Å². The molecule has 1 amide bonds. The average Bonchev–Trinajstić information content (AvgIpc) is 3.05. The zero-order valence-corrected chi connectivity index (χ0v) is 12.9. The third kappa shape index (κ3) is 3.69. The van der Waals surface area contributed by atoms with Crippen LogP contribution in [0.5, 0.6) is 0 Å². The van der Waals surface area contributed by atoms with Crippen LogP contribution in [0.4, 0.5) is 13.2 Å². The summed E-state index contributed by atoms with van der Waals surface area (Å²) in [5, 5.41) is 9.98. The third-order valence-corrected chi connectivity index (χ3v) is 3.22. The number of amides is 1. The molecule has 126 valence electrons. The van der Waals surface area contributed by atoms with Crippen LogP contribution in [0.2, 0.25) is 0 Å². The predicted octanol–water partition coefficient (Wildman–Crippen LogP) is 1.93. The summed E-state index contributed by atoms with van der Waals surface area (Å²) in [6.07, 6.45) is -2.38. The maximum atomic E-state index is 12.6. The fourth-order valence-corrected chi connectivity index (χ4v) is 2.15. The molecule has 0 aromatic carbocycles. The lowest BCUT2D eigenvalue weighted by molar-refractivity contribution is -0.141. The van der Waals surface area contributed by atoms with Crippen LogP contribution in [-0.4, -0.2) is 30.5 Å². The van der Waals surface area contributed by atoms with Gasteiger partial charge in [0.2, 0.25) is 0 Å². The summed E-state index contributed by atoms with van der Waals surface area (Å²) in [5.41, 5.74) is -1.28. The van der Waals surface area contributed by atoms with Crippen molar-refractivity contribution in [3.05, 3.63) is 29.6 Å². The first-order valence-corrected chi connectivity index (χ1v) is 7.03. The number of carbonyl (C=O) groups is 1. The van der Waals surface area contributed by atoms with Crippen LogP contribution >= 0.6 is 0 Å². The Bertz CT molecular complexity index is 690. The molecule has 1 N–H and O–H groups in total. The van der Waals surface area contributed by atoms with Crippen molar-refractivity contribution in [1.29, 1.82) is 0 Å². The largest absolute Gasteiger partial charge is 0.435 e. The van der Waals surface area contributed by atoms with E-state index in [0.717, 1.165) is 17.2 Å². The first-order valence-electron chi connectivity index (χ1n) is 7.03. The van der Waals surface area contributed by atoms with Crippen LogP contribution in [-0.2, 0) is 19.8 Å². The van der Waals surface area contributed by atoms with Gasteiger partial charge in [0, 0.05) is 19.7 Å². The second-order valence-electron chi connectivity index (χ2n) is 5.07. The normalized spacial score (nSPS) is 13.1. The van der Waals surface area contributed by atoms with Gasteiger partial charge in [-0.3, -0.25) is 9.48 Å². The maximum absolute atomic E-state index is 12.6. The number of hydrogen-bond donors (Lipinski definition) is 1. The summed E-state index contributed by atoms with van der Waals surface area (Å²) in [6, 6.07) is 0.222. The maximum Gasteiger partial charge on any atom is 0.435 e. The Morgan fingerprint density at radius 1 is 1.43 bits per heavy atom. The number of rotatable bonds is 5. The van der Waals surface area contributed by atoms with Crippen LogP contribution in [0.25, 0.3) is 0 Å². The molecule has 0 aliphatic rings. The van der Waals surface area contributed by atoms with Gasteiger partial charge in [-0.25, -0.2) is 9.67 Å². The van der Waals surface area contributed by atoms with Crippen LogP contribution in [0.3, 0.4) is 0 Å². The molecule has 2 heterocycles. The van der Waals surface area contributed by atoms with Crippen molar-refractivity contribution >= 4 is 5.91 Å². The molecule has 0 saturated heterocycles. The quantitative estimate of drug-likeness (QED) is 0.909. The second-order valence-corrected chi connectivity index (χ2v) is 5.07.